The van der Waals surface area contributed by atoms with Crippen molar-refractivity contribution in [3.8, 4) is 0 Å². The number of carbonyl (C=O) groups is 2. The van der Waals surface area contributed by atoms with Crippen molar-refractivity contribution in [2.45, 2.75) is 114 Å². The van der Waals surface area contributed by atoms with Gasteiger partial charge in [0.15, 0.2) is 0 Å². The molecule has 48 heavy (non-hydrogen) atoms. The molecule has 266 valence electrons. The minimum atomic E-state index is -3.64. The number of amides is 2. The molecule has 1 aliphatic carbocycles. The van der Waals surface area contributed by atoms with Crippen molar-refractivity contribution >= 4 is 21.8 Å². The largest absolute Gasteiger partial charge is 0.342 e. The fourth-order valence-electron chi connectivity index (χ4n) is 8.12. The number of unbranched alkanes of at least 4 members (excludes halogenated alkanes) is 1. The minimum Gasteiger partial charge on any atom is -0.342 e. The lowest BCUT2D eigenvalue weighted by molar-refractivity contribution is -0.162. The second-order valence-corrected chi connectivity index (χ2v) is 16.3. The molecule has 3 N–H and O–H groups in total. The van der Waals surface area contributed by atoms with Crippen LogP contribution in [0.15, 0.2) is 29.2 Å². The van der Waals surface area contributed by atoms with Crippen molar-refractivity contribution in [2.24, 2.45) is 5.92 Å². The molecule has 3 heterocycles. The molecule has 2 aliphatic heterocycles. The predicted molar refractivity (Wildman–Crippen MR) is 188 cm³/mol. The van der Waals surface area contributed by atoms with Crippen LogP contribution in [0.5, 0.6) is 0 Å². The first-order valence-electron chi connectivity index (χ1n) is 18.1. The molecular formula is C36H57N7O4S. The molecule has 1 aromatic carbocycles. The average molecular weight is 684 g/mol. The first-order chi connectivity index (χ1) is 23.0. The summed E-state index contributed by atoms with van der Waals surface area (Å²) in [4.78, 5) is 34.8. The molecule has 2 saturated heterocycles. The normalized spacial score (nSPS) is 21.6. The lowest BCUT2D eigenvalue weighted by Gasteiger charge is -2.53. The number of nitrogens with one attached hydrogen (secondary N) is 3. The molecule has 2 amide bonds. The number of rotatable bonds is 14. The van der Waals surface area contributed by atoms with E-state index in [0.29, 0.717) is 44.9 Å². The van der Waals surface area contributed by atoms with Crippen LogP contribution in [0.2, 0.25) is 0 Å². The zero-order valence-corrected chi connectivity index (χ0v) is 30.5. The Morgan fingerprint density at radius 1 is 1.04 bits per heavy atom. The molecule has 11 nitrogen and oxygen atoms in total. The Labute approximate surface area is 287 Å². The smallest absolute Gasteiger partial charge is 0.246 e. The van der Waals surface area contributed by atoms with Crippen LogP contribution < -0.4 is 10.0 Å². The van der Waals surface area contributed by atoms with E-state index in [1.165, 1.54) is 19.3 Å². The summed E-state index contributed by atoms with van der Waals surface area (Å²) in [6, 6.07) is 6.54. The van der Waals surface area contributed by atoms with Crippen LogP contribution in [0.25, 0.3) is 0 Å². The Balaban J connectivity index is 1.36. The van der Waals surface area contributed by atoms with E-state index >= 15 is 0 Å². The van der Waals surface area contributed by atoms with Gasteiger partial charge < -0.3 is 15.1 Å². The molecule has 1 unspecified atom stereocenters. The quantitative estimate of drug-likeness (QED) is 0.254. The Morgan fingerprint density at radius 2 is 1.73 bits per heavy atom. The number of hydrogen-bond acceptors (Lipinski definition) is 7. The third kappa shape index (κ3) is 7.98. The average Bonchev–Trinajstić information content (AvgIpc) is 3.40. The molecule has 2 atom stereocenters. The highest BCUT2D eigenvalue weighted by Crippen LogP contribution is 2.40. The molecule has 5 rings (SSSR count). The molecule has 3 fully saturated rings. The standard InChI is InChI=1S/C36H57N7O4S/c1-6-7-22-43-34(44)31(25-28-12-9-8-10-13-28)38-35(45)36(43)18-23-42(24-19-36)33(32-26(2)39-40-27(32)3)29-14-16-30(17-15-29)48(46,47)37-20-11-21-41(4)5/h14-17,28,31,33,37H,6-13,18-25H2,1-5H3,(H,38,45)(H,39,40)/t31-,33?/m0/s1. The third-order valence-corrected chi connectivity index (χ3v) is 12.3. The lowest BCUT2D eigenvalue weighted by atomic mass is 9.78. The van der Waals surface area contributed by atoms with Gasteiger partial charge in [0, 0.05) is 37.4 Å². The second-order valence-electron chi connectivity index (χ2n) is 14.6. The molecule has 1 saturated carbocycles. The van der Waals surface area contributed by atoms with Gasteiger partial charge in [0.05, 0.1) is 16.6 Å². The Bertz CT molecular complexity index is 1470. The number of likely N-dealkylation sites (tertiary alicyclic amines) is 1. The maximum atomic E-state index is 14.1. The zero-order chi connectivity index (χ0) is 34.5. The van der Waals surface area contributed by atoms with E-state index in [4.69, 9.17) is 0 Å². The summed E-state index contributed by atoms with van der Waals surface area (Å²) in [6.07, 6.45) is 10.4. The molecule has 0 bridgehead atoms. The van der Waals surface area contributed by atoms with Crippen LogP contribution >= 0.6 is 0 Å². The maximum absolute atomic E-state index is 14.1. The number of aromatic amines is 1. The Morgan fingerprint density at radius 3 is 2.33 bits per heavy atom. The van der Waals surface area contributed by atoms with Gasteiger partial charge in [-0.15, -0.1) is 0 Å². The van der Waals surface area contributed by atoms with Gasteiger partial charge in [0.1, 0.15) is 11.6 Å². The van der Waals surface area contributed by atoms with E-state index in [1.54, 1.807) is 12.1 Å². The molecule has 1 spiro atoms. The van der Waals surface area contributed by atoms with Gasteiger partial charge >= 0.3 is 0 Å². The van der Waals surface area contributed by atoms with Crippen molar-refractivity contribution < 1.29 is 18.0 Å². The molecular weight excluding hydrogens is 627 g/mol. The van der Waals surface area contributed by atoms with Gasteiger partial charge in [0.25, 0.3) is 0 Å². The molecule has 0 radical (unpaired) electrons. The number of piperidine rings is 1. The minimum absolute atomic E-state index is 0.00136. The van der Waals surface area contributed by atoms with Crippen molar-refractivity contribution in [1.82, 2.24) is 34.9 Å². The monoisotopic (exact) mass is 683 g/mol. The van der Waals surface area contributed by atoms with E-state index < -0.39 is 21.6 Å². The highest BCUT2D eigenvalue weighted by Gasteiger charge is 2.54. The van der Waals surface area contributed by atoms with Crippen LogP contribution in [-0.2, 0) is 19.6 Å². The van der Waals surface area contributed by atoms with Gasteiger partial charge in [-0.2, -0.15) is 5.10 Å². The first kappa shape index (κ1) is 36.5. The van der Waals surface area contributed by atoms with Gasteiger partial charge in [-0.1, -0.05) is 57.6 Å². The number of sulfonamides is 1. The fourth-order valence-corrected chi connectivity index (χ4v) is 9.19. The number of aromatic nitrogens is 2. The number of nitrogens with zero attached hydrogens (tertiary/aromatic N) is 4. The van der Waals surface area contributed by atoms with Crippen molar-refractivity contribution in [1.29, 1.82) is 0 Å². The van der Waals surface area contributed by atoms with Gasteiger partial charge in [-0.3, -0.25) is 19.6 Å². The van der Waals surface area contributed by atoms with Crippen LogP contribution in [0.3, 0.4) is 0 Å². The summed E-state index contributed by atoms with van der Waals surface area (Å²) in [5.41, 5.74) is 3.01. The topological polar surface area (TPSA) is 131 Å². The first-order valence-corrected chi connectivity index (χ1v) is 19.6. The number of aryl methyl sites for hydroxylation is 2. The van der Waals surface area contributed by atoms with Crippen LogP contribution in [0.4, 0.5) is 0 Å². The van der Waals surface area contributed by atoms with Crippen LogP contribution in [-0.4, -0.2) is 104 Å². The molecule has 2 aromatic rings. The maximum Gasteiger partial charge on any atom is 0.246 e. The van der Waals surface area contributed by atoms with Gasteiger partial charge in [0.2, 0.25) is 21.8 Å². The van der Waals surface area contributed by atoms with Gasteiger partial charge in [-0.05, 0) is 90.2 Å². The van der Waals surface area contributed by atoms with Crippen LogP contribution in [0.1, 0.15) is 106 Å². The van der Waals surface area contributed by atoms with Crippen LogP contribution in [0, 0.1) is 19.8 Å². The van der Waals surface area contributed by atoms with Crippen molar-refractivity contribution in [3.05, 3.63) is 46.8 Å². The SMILES string of the molecule is CCCCN1C(=O)[C@H](CC2CCCCC2)NC(=O)C12CCN(C(c1ccc(S(=O)(=O)NCCCN(C)C)cc1)c1c(C)n[nH]c1C)CC2. The number of H-pyrrole nitrogens is 1. The van der Waals surface area contributed by atoms with E-state index in [1.807, 2.05) is 49.9 Å². The zero-order valence-electron chi connectivity index (χ0n) is 29.7. The van der Waals surface area contributed by atoms with Crippen molar-refractivity contribution in [3.63, 3.8) is 0 Å². The summed E-state index contributed by atoms with van der Waals surface area (Å²) < 4.78 is 28.8. The Hall–Kier alpha value is -2.80. The summed E-state index contributed by atoms with van der Waals surface area (Å²) in [5, 5.41) is 10.8. The summed E-state index contributed by atoms with van der Waals surface area (Å²) >= 11 is 0. The Kier molecular flexibility index (Phi) is 12.0. The second kappa shape index (κ2) is 15.8. The lowest BCUT2D eigenvalue weighted by Crippen LogP contribution is -2.73. The summed E-state index contributed by atoms with van der Waals surface area (Å²) in [6.45, 7) is 9.12. The number of hydrogen-bond donors (Lipinski definition) is 3. The van der Waals surface area contributed by atoms with E-state index in [0.717, 1.165) is 67.6 Å². The molecule has 1 aromatic heterocycles. The van der Waals surface area contributed by atoms with Crippen molar-refractivity contribution in [2.75, 3.05) is 46.8 Å². The molecule has 12 heteroatoms. The van der Waals surface area contributed by atoms with Gasteiger partial charge in [-0.25, -0.2) is 13.1 Å². The third-order valence-electron chi connectivity index (χ3n) is 10.9. The number of benzene rings is 1. The number of piperazine rings is 1. The molecule has 3 aliphatic rings. The van der Waals surface area contributed by atoms with E-state index in [2.05, 4.69) is 32.1 Å². The highest BCUT2D eigenvalue weighted by molar-refractivity contribution is 7.89. The predicted octanol–water partition coefficient (Wildman–Crippen LogP) is 4.28. The van der Waals surface area contributed by atoms with E-state index in [9.17, 15) is 18.0 Å². The van der Waals surface area contributed by atoms with E-state index in [-0.39, 0.29) is 22.8 Å². The highest BCUT2D eigenvalue weighted by atomic mass is 32.2. The fraction of sp³-hybridized carbons (Fsp3) is 0.694. The summed E-state index contributed by atoms with van der Waals surface area (Å²) in [5.74, 6) is 0.588. The summed E-state index contributed by atoms with van der Waals surface area (Å²) in [7, 11) is 0.299. The number of carbonyl (C=O) groups excluding carboxylic acids is 2.